The van der Waals surface area contributed by atoms with E-state index in [2.05, 4.69) is 5.32 Å². The lowest BCUT2D eigenvalue weighted by Gasteiger charge is -2.15. The number of rotatable bonds is 7. The summed E-state index contributed by atoms with van der Waals surface area (Å²) in [4.78, 5) is 23.8. The van der Waals surface area contributed by atoms with Gasteiger partial charge in [-0.1, -0.05) is 18.2 Å². The number of aryl methyl sites for hydroxylation is 1. The van der Waals surface area contributed by atoms with Crippen molar-refractivity contribution in [3.63, 3.8) is 0 Å². The number of carbonyl (C=O) groups excluding carboxylic acids is 2. The maximum atomic E-state index is 12.7. The molecule has 0 radical (unpaired) electrons. The molecule has 0 aliphatic rings. The van der Waals surface area contributed by atoms with E-state index in [4.69, 9.17) is 4.74 Å². The molecule has 0 spiro atoms. The van der Waals surface area contributed by atoms with Crippen molar-refractivity contribution < 1.29 is 35.9 Å². The van der Waals surface area contributed by atoms with Crippen molar-refractivity contribution in [2.24, 2.45) is 0 Å². The van der Waals surface area contributed by atoms with E-state index < -0.39 is 40.2 Å². The minimum atomic E-state index is -4.51. The number of benzene rings is 2. The Labute approximate surface area is 183 Å². The number of ether oxygens (including phenoxy) is 1. The van der Waals surface area contributed by atoms with Crippen molar-refractivity contribution in [2.45, 2.75) is 18.0 Å². The Morgan fingerprint density at radius 1 is 1.12 bits per heavy atom. The van der Waals surface area contributed by atoms with Gasteiger partial charge in [0, 0.05) is 25.9 Å². The van der Waals surface area contributed by atoms with Crippen molar-refractivity contribution in [1.29, 1.82) is 0 Å². The number of carbonyl (C=O) groups is 2. The first-order valence-corrected chi connectivity index (χ1v) is 10.6. The highest BCUT2D eigenvalue weighted by Crippen LogP contribution is 2.29. The Hall–Kier alpha value is -3.18. The lowest BCUT2D eigenvalue weighted by atomic mass is 10.1. The molecule has 32 heavy (non-hydrogen) atoms. The van der Waals surface area contributed by atoms with Crippen LogP contribution in [0.5, 0.6) is 0 Å². The van der Waals surface area contributed by atoms with Gasteiger partial charge in [-0.3, -0.25) is 4.79 Å². The number of nitrogens with zero attached hydrogens (tertiary/aromatic N) is 1. The fourth-order valence-electron chi connectivity index (χ4n) is 2.52. The lowest BCUT2D eigenvalue weighted by Crippen LogP contribution is -2.24. The summed E-state index contributed by atoms with van der Waals surface area (Å²) in [5, 5.41) is 2.43. The Morgan fingerprint density at radius 2 is 1.81 bits per heavy atom. The molecule has 11 heteroatoms. The predicted octanol–water partition coefficient (Wildman–Crippen LogP) is 3.46. The molecule has 1 N–H and O–H groups in total. The zero-order valence-electron chi connectivity index (χ0n) is 17.4. The van der Waals surface area contributed by atoms with Gasteiger partial charge in [-0.15, -0.1) is 0 Å². The summed E-state index contributed by atoms with van der Waals surface area (Å²) >= 11 is 0. The SMILES string of the molecule is Cc1ccc(NC(=O)COC(=O)/C=C/c2cccc(C(F)(F)F)c2)cc1S(=O)(=O)N(C)C. The van der Waals surface area contributed by atoms with E-state index in [-0.39, 0.29) is 16.1 Å². The number of hydrogen-bond donors (Lipinski definition) is 1. The average molecular weight is 470 g/mol. The number of anilines is 1. The van der Waals surface area contributed by atoms with Crippen LogP contribution >= 0.6 is 0 Å². The summed E-state index contributed by atoms with van der Waals surface area (Å²) in [6.07, 6.45) is -2.48. The molecule has 0 unspecified atom stereocenters. The topological polar surface area (TPSA) is 92.8 Å². The van der Waals surface area contributed by atoms with Crippen LogP contribution in [0.4, 0.5) is 18.9 Å². The third-order valence-electron chi connectivity index (χ3n) is 4.20. The molecule has 0 saturated heterocycles. The summed E-state index contributed by atoms with van der Waals surface area (Å²) in [6, 6.07) is 8.66. The number of esters is 1. The third-order valence-corrected chi connectivity index (χ3v) is 6.16. The van der Waals surface area contributed by atoms with Gasteiger partial charge < -0.3 is 10.1 Å². The molecule has 7 nitrogen and oxygen atoms in total. The lowest BCUT2D eigenvalue weighted by molar-refractivity contribution is -0.142. The smallest absolute Gasteiger partial charge is 0.416 e. The summed E-state index contributed by atoms with van der Waals surface area (Å²) in [6.45, 7) is 0.940. The molecule has 0 aliphatic carbocycles. The van der Waals surface area contributed by atoms with Crippen LogP contribution in [0.15, 0.2) is 53.4 Å². The van der Waals surface area contributed by atoms with E-state index in [0.29, 0.717) is 5.56 Å². The highest BCUT2D eigenvalue weighted by atomic mass is 32.2. The van der Waals surface area contributed by atoms with Gasteiger partial charge in [-0.05, 0) is 48.4 Å². The van der Waals surface area contributed by atoms with E-state index >= 15 is 0 Å². The number of halogens is 3. The number of nitrogens with one attached hydrogen (secondary N) is 1. The van der Waals surface area contributed by atoms with Crippen molar-refractivity contribution in [1.82, 2.24) is 4.31 Å². The number of alkyl halides is 3. The zero-order chi connectivity index (χ0) is 24.1. The number of sulfonamides is 1. The Balaban J connectivity index is 1.98. The monoisotopic (exact) mass is 470 g/mol. The minimum absolute atomic E-state index is 0.0151. The van der Waals surface area contributed by atoms with Crippen LogP contribution in [-0.2, 0) is 30.5 Å². The molecule has 0 saturated carbocycles. The van der Waals surface area contributed by atoms with Gasteiger partial charge in [0.2, 0.25) is 10.0 Å². The Kier molecular flexibility index (Phi) is 7.81. The zero-order valence-corrected chi connectivity index (χ0v) is 18.3. The second kappa shape index (κ2) is 9.96. The van der Waals surface area contributed by atoms with E-state index in [9.17, 15) is 31.2 Å². The average Bonchev–Trinajstić information content (AvgIpc) is 2.71. The van der Waals surface area contributed by atoms with Crippen LogP contribution in [-0.4, -0.2) is 45.3 Å². The summed E-state index contributed by atoms with van der Waals surface area (Å²) in [7, 11) is -0.958. The molecule has 0 fully saturated rings. The van der Waals surface area contributed by atoms with Gasteiger partial charge in [-0.2, -0.15) is 13.2 Å². The van der Waals surface area contributed by atoms with E-state index in [1.54, 1.807) is 6.92 Å². The molecule has 2 rings (SSSR count). The second-order valence-electron chi connectivity index (χ2n) is 6.88. The van der Waals surface area contributed by atoms with Gasteiger partial charge in [-0.25, -0.2) is 17.5 Å². The number of hydrogen-bond acceptors (Lipinski definition) is 5. The molecule has 1 amide bonds. The summed E-state index contributed by atoms with van der Waals surface area (Å²) < 4.78 is 68.6. The second-order valence-corrected chi connectivity index (χ2v) is 9.00. The first-order valence-electron chi connectivity index (χ1n) is 9.16. The van der Waals surface area contributed by atoms with Crippen molar-refractivity contribution in [3.05, 3.63) is 65.2 Å². The molecule has 2 aromatic rings. The third kappa shape index (κ3) is 6.66. The van der Waals surface area contributed by atoms with Crippen LogP contribution in [0.3, 0.4) is 0 Å². The predicted molar refractivity (Wildman–Crippen MR) is 112 cm³/mol. The van der Waals surface area contributed by atoms with Crippen molar-refractivity contribution >= 4 is 33.7 Å². The van der Waals surface area contributed by atoms with Crippen LogP contribution < -0.4 is 5.32 Å². The maximum absolute atomic E-state index is 12.7. The normalized spacial score (nSPS) is 12.2. The van der Waals surface area contributed by atoms with Crippen LogP contribution in [0.2, 0.25) is 0 Å². The molecule has 0 atom stereocenters. The maximum Gasteiger partial charge on any atom is 0.416 e. The first-order chi connectivity index (χ1) is 14.8. The summed E-state index contributed by atoms with van der Waals surface area (Å²) in [5.74, 6) is -1.65. The molecule has 0 bridgehead atoms. The summed E-state index contributed by atoms with van der Waals surface area (Å²) in [5.41, 5.74) is -0.0453. The van der Waals surface area contributed by atoms with Crippen LogP contribution in [0.25, 0.3) is 6.08 Å². The highest BCUT2D eigenvalue weighted by Gasteiger charge is 2.30. The van der Waals surface area contributed by atoms with Crippen LogP contribution in [0.1, 0.15) is 16.7 Å². The van der Waals surface area contributed by atoms with Crippen LogP contribution in [0, 0.1) is 6.92 Å². The van der Waals surface area contributed by atoms with Gasteiger partial charge in [0.15, 0.2) is 6.61 Å². The quantitative estimate of drug-likeness (QED) is 0.494. The molecular weight excluding hydrogens is 449 g/mol. The van der Waals surface area contributed by atoms with Gasteiger partial charge in [0.25, 0.3) is 5.91 Å². The molecule has 0 heterocycles. The van der Waals surface area contributed by atoms with Gasteiger partial charge >= 0.3 is 12.1 Å². The van der Waals surface area contributed by atoms with Gasteiger partial charge in [0.05, 0.1) is 10.5 Å². The number of amides is 1. The molecule has 0 aromatic heterocycles. The fraction of sp³-hybridized carbons (Fsp3) is 0.238. The minimum Gasteiger partial charge on any atom is -0.452 e. The Morgan fingerprint density at radius 3 is 2.44 bits per heavy atom. The molecule has 172 valence electrons. The standard InChI is InChI=1S/C21H21F3N2O5S/c1-14-7-9-17(12-18(14)32(29,30)26(2)3)25-19(27)13-31-20(28)10-8-15-5-4-6-16(11-15)21(22,23)24/h4-12H,13H2,1-3H3,(H,25,27)/b10-8+. The first kappa shape index (κ1) is 25.1. The molecule has 2 aromatic carbocycles. The molecule has 0 aliphatic heterocycles. The fourth-order valence-corrected chi connectivity index (χ4v) is 3.66. The Bertz CT molecular complexity index is 1140. The van der Waals surface area contributed by atoms with Crippen molar-refractivity contribution in [2.75, 3.05) is 26.0 Å². The van der Waals surface area contributed by atoms with Crippen molar-refractivity contribution in [3.8, 4) is 0 Å². The van der Waals surface area contributed by atoms with Gasteiger partial charge in [0.1, 0.15) is 0 Å². The van der Waals surface area contributed by atoms with E-state index in [1.165, 1.54) is 44.4 Å². The highest BCUT2D eigenvalue weighted by molar-refractivity contribution is 7.89. The van der Waals surface area contributed by atoms with E-state index in [1.807, 2.05) is 0 Å². The largest absolute Gasteiger partial charge is 0.452 e. The van der Waals surface area contributed by atoms with E-state index in [0.717, 1.165) is 28.6 Å². The molecular formula is C21H21F3N2O5S.